The van der Waals surface area contributed by atoms with E-state index in [2.05, 4.69) is 9.88 Å². The highest BCUT2D eigenvalue weighted by atomic mass is 16.5. The number of methoxy groups -OCH3 is 1. The topological polar surface area (TPSA) is 60.6 Å². The van der Waals surface area contributed by atoms with Crippen molar-refractivity contribution in [2.45, 2.75) is 25.6 Å². The lowest BCUT2D eigenvalue weighted by atomic mass is 10.1. The first-order chi connectivity index (χ1) is 8.69. The van der Waals surface area contributed by atoms with E-state index >= 15 is 0 Å². The first-order valence-corrected chi connectivity index (χ1v) is 6.28. The van der Waals surface area contributed by atoms with Crippen LogP contribution >= 0.6 is 0 Å². The SMILES string of the molecule is COc1cccc(CN2CCOC(C(C)N)C2)n1. The number of aromatic nitrogens is 1. The average Bonchev–Trinajstić information content (AvgIpc) is 2.39. The second-order valence-electron chi connectivity index (χ2n) is 4.67. The van der Waals surface area contributed by atoms with E-state index in [4.69, 9.17) is 15.2 Å². The second-order valence-corrected chi connectivity index (χ2v) is 4.67. The molecule has 0 spiro atoms. The van der Waals surface area contributed by atoms with Gasteiger partial charge in [-0.25, -0.2) is 4.98 Å². The summed E-state index contributed by atoms with van der Waals surface area (Å²) in [4.78, 5) is 6.74. The monoisotopic (exact) mass is 251 g/mol. The summed E-state index contributed by atoms with van der Waals surface area (Å²) in [5.74, 6) is 0.657. The van der Waals surface area contributed by atoms with Gasteiger partial charge in [0.2, 0.25) is 5.88 Å². The number of morpholine rings is 1. The Morgan fingerprint density at radius 2 is 2.44 bits per heavy atom. The molecule has 0 radical (unpaired) electrons. The van der Waals surface area contributed by atoms with Crippen molar-refractivity contribution in [2.24, 2.45) is 5.73 Å². The Morgan fingerprint density at radius 3 is 3.17 bits per heavy atom. The molecule has 1 aromatic rings. The predicted octanol–water partition coefficient (Wildman–Crippen LogP) is 0.638. The molecule has 1 aliphatic rings. The lowest BCUT2D eigenvalue weighted by molar-refractivity contribution is -0.0407. The molecule has 1 fully saturated rings. The Morgan fingerprint density at radius 1 is 1.61 bits per heavy atom. The number of rotatable bonds is 4. The number of nitrogens with zero attached hydrogens (tertiary/aromatic N) is 2. The van der Waals surface area contributed by atoms with Gasteiger partial charge in [0.15, 0.2) is 0 Å². The van der Waals surface area contributed by atoms with E-state index in [1.54, 1.807) is 7.11 Å². The van der Waals surface area contributed by atoms with Crippen molar-refractivity contribution in [3.05, 3.63) is 23.9 Å². The minimum atomic E-state index is 0.0612. The maximum absolute atomic E-state index is 5.88. The highest BCUT2D eigenvalue weighted by Gasteiger charge is 2.23. The van der Waals surface area contributed by atoms with Crippen LogP contribution in [0, 0.1) is 0 Å². The molecule has 2 N–H and O–H groups in total. The Labute approximate surface area is 108 Å². The smallest absolute Gasteiger partial charge is 0.213 e. The third kappa shape index (κ3) is 3.41. The maximum atomic E-state index is 5.88. The molecule has 18 heavy (non-hydrogen) atoms. The van der Waals surface area contributed by atoms with Crippen LogP contribution in [0.5, 0.6) is 5.88 Å². The summed E-state index contributed by atoms with van der Waals surface area (Å²) < 4.78 is 10.8. The summed E-state index contributed by atoms with van der Waals surface area (Å²) in [5, 5.41) is 0. The highest BCUT2D eigenvalue weighted by molar-refractivity contribution is 5.15. The normalized spacial score (nSPS) is 22.7. The van der Waals surface area contributed by atoms with Crippen molar-refractivity contribution in [3.63, 3.8) is 0 Å². The molecule has 5 nitrogen and oxygen atoms in total. The molecule has 0 aromatic carbocycles. The van der Waals surface area contributed by atoms with Gasteiger partial charge in [-0.2, -0.15) is 0 Å². The van der Waals surface area contributed by atoms with E-state index in [9.17, 15) is 0 Å². The Balaban J connectivity index is 1.95. The zero-order chi connectivity index (χ0) is 13.0. The zero-order valence-electron chi connectivity index (χ0n) is 11.0. The largest absolute Gasteiger partial charge is 0.481 e. The molecule has 5 heteroatoms. The molecule has 0 bridgehead atoms. The van der Waals surface area contributed by atoms with Gasteiger partial charge in [0.1, 0.15) is 0 Å². The van der Waals surface area contributed by atoms with Crippen LogP contribution in [0.4, 0.5) is 0 Å². The summed E-state index contributed by atoms with van der Waals surface area (Å²) in [6.07, 6.45) is 0.115. The molecule has 2 unspecified atom stereocenters. The Bertz CT molecular complexity index is 384. The van der Waals surface area contributed by atoms with Crippen molar-refractivity contribution in [2.75, 3.05) is 26.8 Å². The molecule has 0 amide bonds. The molecular weight excluding hydrogens is 230 g/mol. The predicted molar refractivity (Wildman–Crippen MR) is 69.5 cm³/mol. The fourth-order valence-electron chi connectivity index (χ4n) is 2.08. The van der Waals surface area contributed by atoms with E-state index in [-0.39, 0.29) is 12.1 Å². The van der Waals surface area contributed by atoms with Crippen molar-refractivity contribution in [1.29, 1.82) is 0 Å². The first-order valence-electron chi connectivity index (χ1n) is 6.28. The number of ether oxygens (including phenoxy) is 2. The van der Waals surface area contributed by atoms with Crippen LogP contribution in [0.1, 0.15) is 12.6 Å². The van der Waals surface area contributed by atoms with E-state index in [0.717, 1.165) is 31.9 Å². The summed E-state index contributed by atoms with van der Waals surface area (Å²) >= 11 is 0. The van der Waals surface area contributed by atoms with Gasteiger partial charge in [-0.15, -0.1) is 0 Å². The number of pyridine rings is 1. The van der Waals surface area contributed by atoms with Gasteiger partial charge in [-0.3, -0.25) is 4.90 Å². The highest BCUT2D eigenvalue weighted by Crippen LogP contribution is 2.13. The summed E-state index contributed by atoms with van der Waals surface area (Å²) in [6, 6.07) is 5.89. The fourth-order valence-corrected chi connectivity index (χ4v) is 2.08. The van der Waals surface area contributed by atoms with E-state index in [1.165, 1.54) is 0 Å². The van der Waals surface area contributed by atoms with Crippen LogP contribution in [0.25, 0.3) is 0 Å². The maximum Gasteiger partial charge on any atom is 0.213 e. The lowest BCUT2D eigenvalue weighted by Crippen LogP contribution is -2.49. The first kappa shape index (κ1) is 13.3. The molecule has 0 aliphatic carbocycles. The van der Waals surface area contributed by atoms with E-state index in [0.29, 0.717) is 5.88 Å². The van der Waals surface area contributed by atoms with Gasteiger partial charge in [-0.1, -0.05) is 6.07 Å². The standard InChI is InChI=1S/C13H21N3O2/c1-10(14)12-9-16(6-7-18-12)8-11-4-3-5-13(15-11)17-2/h3-5,10,12H,6-9,14H2,1-2H3. The number of hydrogen-bond acceptors (Lipinski definition) is 5. The van der Waals surface area contributed by atoms with Crippen LogP contribution in [-0.4, -0.2) is 48.8 Å². The summed E-state index contributed by atoms with van der Waals surface area (Å²) in [5.41, 5.74) is 6.89. The van der Waals surface area contributed by atoms with Gasteiger partial charge >= 0.3 is 0 Å². The van der Waals surface area contributed by atoms with Gasteiger partial charge in [0.05, 0.1) is 25.5 Å². The van der Waals surface area contributed by atoms with Crippen LogP contribution in [0.2, 0.25) is 0 Å². The van der Waals surface area contributed by atoms with Crippen molar-refractivity contribution < 1.29 is 9.47 Å². The molecule has 2 rings (SSSR count). The van der Waals surface area contributed by atoms with Crippen molar-refractivity contribution in [1.82, 2.24) is 9.88 Å². The van der Waals surface area contributed by atoms with Crippen molar-refractivity contribution >= 4 is 0 Å². The van der Waals surface area contributed by atoms with Crippen LogP contribution in [0.3, 0.4) is 0 Å². The number of hydrogen-bond donors (Lipinski definition) is 1. The molecule has 0 saturated carbocycles. The molecule has 100 valence electrons. The quantitative estimate of drug-likeness (QED) is 0.851. The summed E-state index contributed by atoms with van der Waals surface area (Å²) in [7, 11) is 1.63. The molecule has 1 saturated heterocycles. The molecular formula is C13H21N3O2. The van der Waals surface area contributed by atoms with Gasteiger partial charge < -0.3 is 15.2 Å². The Hall–Kier alpha value is -1.17. The fraction of sp³-hybridized carbons (Fsp3) is 0.615. The van der Waals surface area contributed by atoms with Crippen molar-refractivity contribution in [3.8, 4) is 5.88 Å². The zero-order valence-corrected chi connectivity index (χ0v) is 11.0. The Kier molecular flexibility index (Phi) is 4.52. The van der Waals surface area contributed by atoms with Crippen LogP contribution < -0.4 is 10.5 Å². The number of nitrogens with two attached hydrogens (primary N) is 1. The molecule has 2 heterocycles. The van der Waals surface area contributed by atoms with Gasteiger partial charge in [0.25, 0.3) is 0 Å². The minimum absolute atomic E-state index is 0.0612. The molecule has 2 atom stereocenters. The minimum Gasteiger partial charge on any atom is -0.481 e. The summed E-state index contributed by atoms with van der Waals surface area (Å²) in [6.45, 7) is 5.30. The lowest BCUT2D eigenvalue weighted by Gasteiger charge is -2.34. The van der Waals surface area contributed by atoms with Crippen LogP contribution in [-0.2, 0) is 11.3 Å². The molecule has 1 aromatic heterocycles. The third-order valence-corrected chi connectivity index (χ3v) is 3.14. The average molecular weight is 251 g/mol. The van der Waals surface area contributed by atoms with Crippen LogP contribution in [0.15, 0.2) is 18.2 Å². The second kappa shape index (κ2) is 6.13. The molecule has 1 aliphatic heterocycles. The van der Waals surface area contributed by atoms with Gasteiger partial charge in [0, 0.05) is 31.7 Å². The van der Waals surface area contributed by atoms with E-state index in [1.807, 2.05) is 25.1 Å². The third-order valence-electron chi connectivity index (χ3n) is 3.14. The van der Waals surface area contributed by atoms with Gasteiger partial charge in [-0.05, 0) is 13.0 Å². The van der Waals surface area contributed by atoms with E-state index < -0.39 is 0 Å².